The van der Waals surface area contributed by atoms with E-state index in [1.54, 1.807) is 4.90 Å². The van der Waals surface area contributed by atoms with Gasteiger partial charge in [0.25, 0.3) is 0 Å². The summed E-state index contributed by atoms with van der Waals surface area (Å²) in [4.78, 5) is 59.2. The average molecular weight is 1050 g/mol. The fourth-order valence-electron chi connectivity index (χ4n) is 14.1. The second kappa shape index (κ2) is 25.0. The summed E-state index contributed by atoms with van der Waals surface area (Å²) in [7, 11) is 3.72. The van der Waals surface area contributed by atoms with Gasteiger partial charge in [-0.3, -0.25) is 0 Å². The number of urea groups is 2. The maximum atomic E-state index is 12.4. The van der Waals surface area contributed by atoms with Crippen molar-refractivity contribution < 1.29 is 28.7 Å². The molecule has 0 radical (unpaired) electrons. The Labute approximate surface area is 460 Å². The van der Waals surface area contributed by atoms with E-state index in [1.807, 2.05) is 23.9 Å². The van der Waals surface area contributed by atoms with Crippen molar-refractivity contribution in [2.75, 3.05) is 33.9 Å². The van der Waals surface area contributed by atoms with Crippen molar-refractivity contribution in [3.8, 4) is 0 Å². The highest BCUT2D eigenvalue weighted by atomic mass is 16.6. The molecule has 75 heavy (non-hydrogen) atoms. The van der Waals surface area contributed by atoms with Crippen molar-refractivity contribution in [3.63, 3.8) is 0 Å². The molecule has 0 aromatic heterocycles. The average Bonchev–Trinajstić information content (AvgIpc) is 3.90. The molecule has 8 aliphatic heterocycles. The van der Waals surface area contributed by atoms with E-state index in [2.05, 4.69) is 147 Å². The van der Waals surface area contributed by atoms with Gasteiger partial charge in [-0.2, -0.15) is 0 Å². The Hall–Kier alpha value is -2.92. The van der Waals surface area contributed by atoms with Gasteiger partial charge >= 0.3 is 24.2 Å². The molecule has 8 heterocycles. The molecular formula is C63H116N6O6. The molecule has 12 nitrogen and oxygen atoms in total. The van der Waals surface area contributed by atoms with E-state index in [4.69, 9.17) is 9.47 Å². The lowest BCUT2D eigenvalue weighted by Gasteiger charge is -2.44. The third kappa shape index (κ3) is 17.0. The molecule has 0 aliphatic carbocycles. The number of nitrogens with one attached hydrogen (secondary N) is 1. The highest BCUT2D eigenvalue weighted by Gasteiger charge is 2.50. The zero-order valence-corrected chi connectivity index (χ0v) is 52.2. The Kier molecular flexibility index (Phi) is 21.0. The molecule has 0 saturated carbocycles. The fraction of sp³-hybridized carbons (Fsp3) is 0.937. The molecular weight excluding hydrogens is 937 g/mol. The molecule has 8 atom stereocenters. The molecule has 0 spiro atoms. The summed E-state index contributed by atoms with van der Waals surface area (Å²) in [5.41, 5.74) is 1.50. The number of rotatable bonds is 5. The number of hydrogen-bond donors (Lipinski definition) is 1. The number of carbonyl (C=O) groups is 4. The molecule has 12 heteroatoms. The first kappa shape index (κ1) is 62.9. The van der Waals surface area contributed by atoms with Gasteiger partial charge in [-0.15, -0.1) is 0 Å². The first-order valence-electron chi connectivity index (χ1n) is 30.4. The normalized spacial score (nSPS) is 31.2. The maximum Gasteiger partial charge on any atom is 0.410 e. The number of fused-ring (bicyclic) bond motifs is 8. The molecule has 434 valence electrons. The number of piperidine rings is 4. The molecule has 8 bridgehead atoms. The van der Waals surface area contributed by atoms with E-state index in [1.165, 1.54) is 51.4 Å². The fourth-order valence-corrected chi connectivity index (χ4v) is 14.1. The first-order valence-corrected chi connectivity index (χ1v) is 30.4. The van der Waals surface area contributed by atoms with Crippen molar-refractivity contribution in [2.24, 2.45) is 62.6 Å². The molecule has 8 saturated heterocycles. The van der Waals surface area contributed by atoms with Gasteiger partial charge in [-0.1, -0.05) is 132 Å². The lowest BCUT2D eigenvalue weighted by atomic mass is 9.73. The monoisotopic (exact) mass is 1050 g/mol. The number of amides is 6. The molecule has 8 fully saturated rings. The summed E-state index contributed by atoms with van der Waals surface area (Å²) in [6, 6.07) is 3.99. The van der Waals surface area contributed by atoms with E-state index in [0.717, 1.165) is 81.6 Å². The zero-order chi connectivity index (χ0) is 56.3. The van der Waals surface area contributed by atoms with Gasteiger partial charge < -0.3 is 39.3 Å². The van der Waals surface area contributed by atoms with Crippen LogP contribution in [0, 0.1) is 62.6 Å². The van der Waals surface area contributed by atoms with Gasteiger partial charge in [0.1, 0.15) is 0 Å². The van der Waals surface area contributed by atoms with Gasteiger partial charge in [0.2, 0.25) is 0 Å². The Morgan fingerprint density at radius 3 is 0.973 bits per heavy atom. The van der Waals surface area contributed by atoms with Crippen LogP contribution >= 0.6 is 0 Å². The van der Waals surface area contributed by atoms with Crippen LogP contribution in [0.15, 0.2) is 0 Å². The maximum absolute atomic E-state index is 12.4. The zero-order valence-electron chi connectivity index (χ0n) is 52.2. The number of nitrogens with zero attached hydrogens (tertiary/aromatic N) is 5. The van der Waals surface area contributed by atoms with Crippen molar-refractivity contribution in [1.29, 1.82) is 0 Å². The van der Waals surface area contributed by atoms with Gasteiger partial charge in [0.15, 0.2) is 0 Å². The van der Waals surface area contributed by atoms with Gasteiger partial charge in [-0.25, -0.2) is 19.2 Å². The predicted octanol–water partition coefficient (Wildman–Crippen LogP) is 15.1. The lowest BCUT2D eigenvalue weighted by Crippen LogP contribution is -2.52. The van der Waals surface area contributed by atoms with Crippen molar-refractivity contribution in [2.45, 2.75) is 283 Å². The van der Waals surface area contributed by atoms with Gasteiger partial charge in [0, 0.05) is 69.0 Å². The van der Waals surface area contributed by atoms with Crippen LogP contribution in [-0.4, -0.2) is 131 Å². The lowest BCUT2D eigenvalue weighted by molar-refractivity contribution is 0.0227. The molecule has 8 unspecified atom stereocenters. The molecule has 8 aliphatic rings. The number of ether oxygens (including phenoxy) is 2. The molecule has 0 aromatic carbocycles. The minimum atomic E-state index is -0.0835. The molecule has 6 amide bonds. The van der Waals surface area contributed by atoms with E-state index < -0.39 is 0 Å². The first-order chi connectivity index (χ1) is 34.5. The van der Waals surface area contributed by atoms with Crippen LogP contribution in [0.4, 0.5) is 19.2 Å². The van der Waals surface area contributed by atoms with Crippen LogP contribution in [0.2, 0.25) is 0 Å². The molecule has 0 aromatic rings. The smallest absolute Gasteiger partial charge is 0.410 e. The summed E-state index contributed by atoms with van der Waals surface area (Å²) < 4.78 is 11.0. The quantitative estimate of drug-likeness (QED) is 0.293. The summed E-state index contributed by atoms with van der Waals surface area (Å²) in [5.74, 6) is 3.93. The Balaban J connectivity index is 0.000000185. The van der Waals surface area contributed by atoms with Crippen LogP contribution in [0.5, 0.6) is 0 Å². The van der Waals surface area contributed by atoms with Crippen molar-refractivity contribution in [3.05, 3.63) is 0 Å². The van der Waals surface area contributed by atoms with E-state index >= 15 is 0 Å². The predicted molar refractivity (Wildman–Crippen MR) is 308 cm³/mol. The highest BCUT2D eigenvalue weighted by molar-refractivity contribution is 5.76. The minimum Gasteiger partial charge on any atom is -0.449 e. The van der Waals surface area contributed by atoms with Crippen molar-refractivity contribution >= 4 is 24.2 Å². The summed E-state index contributed by atoms with van der Waals surface area (Å²) >= 11 is 0. The van der Waals surface area contributed by atoms with Crippen LogP contribution in [0.3, 0.4) is 0 Å². The summed E-state index contributed by atoms with van der Waals surface area (Å²) in [6.07, 6.45) is 18.6. The van der Waals surface area contributed by atoms with Crippen molar-refractivity contribution in [1.82, 2.24) is 29.8 Å². The second-order valence-corrected chi connectivity index (χ2v) is 31.6. The van der Waals surface area contributed by atoms with Crippen LogP contribution in [0.1, 0.15) is 234 Å². The van der Waals surface area contributed by atoms with E-state index in [0.29, 0.717) is 95.0 Å². The minimum absolute atomic E-state index is 0.0401. The molecule has 8 rings (SSSR count). The molecule has 1 N–H and O–H groups in total. The van der Waals surface area contributed by atoms with Crippen LogP contribution < -0.4 is 5.32 Å². The third-order valence-electron chi connectivity index (χ3n) is 18.9. The largest absolute Gasteiger partial charge is 0.449 e. The van der Waals surface area contributed by atoms with Gasteiger partial charge in [-0.05, 0) is 165 Å². The topological polar surface area (TPSA) is 115 Å². The van der Waals surface area contributed by atoms with Gasteiger partial charge in [0.05, 0.1) is 13.2 Å². The SMILES string of the molecule is CC(C)(C)COC(=O)N1C2CCC1CC(C(C)(C)C)C2.CC(C)CNC(=O)N1C2CCC1CC(C(C)(C)C)C2.CC(C)COC(=O)N1C2CCC1CC(C(C)(C)C)C2.CN(C)C(=O)N1C2CCC1CC(C(C)(C)C)C2. The summed E-state index contributed by atoms with van der Waals surface area (Å²) in [5, 5.41) is 3.09. The highest BCUT2D eigenvalue weighted by Crippen LogP contribution is 2.49. The Morgan fingerprint density at radius 2 is 0.720 bits per heavy atom. The van der Waals surface area contributed by atoms with E-state index in [9.17, 15) is 19.2 Å². The number of hydrogen-bond acceptors (Lipinski definition) is 6. The Morgan fingerprint density at radius 1 is 0.440 bits per heavy atom. The Bertz CT molecular complexity index is 1740. The standard InChI is InChI=1S/C17H31NO2.C16H30N2O.C16H29NO2.C14H26N2O/c1-16(2,3)11-20-15(19)18-13-7-8-14(18)10-12(9-13)17(4,5)6;1-11(2)10-17-15(19)18-13-6-7-14(18)9-12(8-13)16(3,4)5;1-11(2)10-19-15(18)17-13-6-7-14(17)9-12(8-13)16(3,4)5;1-14(2,3)10-8-11-6-7-12(9-10)16(11)13(17)15(4)5/h12-14H,7-11H2,1-6H3;11-14H,6-10H2,1-5H3,(H,17,19);11-14H,6-10H2,1-5H3;10-12H,6-9H2,1-5H3. The third-order valence-corrected chi connectivity index (χ3v) is 18.9. The van der Waals surface area contributed by atoms with Crippen LogP contribution in [0.25, 0.3) is 0 Å². The number of carbonyl (C=O) groups excluding carboxylic acids is 4. The summed E-state index contributed by atoms with van der Waals surface area (Å²) in [6.45, 7) is 44.5. The second-order valence-electron chi connectivity index (χ2n) is 31.6. The van der Waals surface area contributed by atoms with E-state index in [-0.39, 0.29) is 29.7 Å². The van der Waals surface area contributed by atoms with Crippen LogP contribution in [-0.2, 0) is 9.47 Å².